The molecule has 1 saturated heterocycles. The summed E-state index contributed by atoms with van der Waals surface area (Å²) in [4.78, 5) is 4.34. The summed E-state index contributed by atoms with van der Waals surface area (Å²) in [6.45, 7) is 9.57. The molecule has 100 valence electrons. The number of nitrogens with one attached hydrogen (secondary N) is 1. The van der Waals surface area contributed by atoms with Crippen LogP contribution in [0.5, 0.6) is 5.75 Å². The molecule has 1 aromatic rings. The molecular weight excluding hydrogens is 228 g/mol. The molecule has 0 unspecified atom stereocenters. The summed E-state index contributed by atoms with van der Waals surface area (Å²) in [6.07, 6.45) is 2.10. The standard InChI is InChI=1S/C14H22N2O2/c1-10(2)5-15-6-12-7-16-11(3)4-14(12)18-13-8-17-9-13/h4,7,10,13,15H,5-6,8-9H2,1-3H3. The summed E-state index contributed by atoms with van der Waals surface area (Å²) in [5.41, 5.74) is 2.10. The van der Waals surface area contributed by atoms with Crippen molar-refractivity contribution in [2.75, 3.05) is 19.8 Å². The minimum Gasteiger partial charge on any atom is -0.485 e. The lowest BCUT2D eigenvalue weighted by atomic mass is 10.2. The highest BCUT2D eigenvalue weighted by Crippen LogP contribution is 2.22. The molecule has 1 aliphatic heterocycles. The van der Waals surface area contributed by atoms with Crippen LogP contribution in [0.15, 0.2) is 12.3 Å². The van der Waals surface area contributed by atoms with Gasteiger partial charge in [-0.05, 0) is 19.4 Å². The zero-order valence-electron chi connectivity index (χ0n) is 11.4. The van der Waals surface area contributed by atoms with Gasteiger partial charge in [-0.15, -0.1) is 0 Å². The third-order valence-corrected chi connectivity index (χ3v) is 2.85. The Bertz CT molecular complexity index is 389. The molecule has 18 heavy (non-hydrogen) atoms. The average Bonchev–Trinajstić information content (AvgIpc) is 2.26. The largest absolute Gasteiger partial charge is 0.485 e. The normalized spacial score (nSPS) is 15.8. The van der Waals surface area contributed by atoms with E-state index in [0.29, 0.717) is 19.1 Å². The predicted octanol–water partition coefficient (Wildman–Crippen LogP) is 1.91. The summed E-state index contributed by atoms with van der Waals surface area (Å²) in [7, 11) is 0. The molecule has 0 saturated carbocycles. The highest BCUT2D eigenvalue weighted by Gasteiger charge is 2.21. The SMILES string of the molecule is Cc1cc(OC2COC2)c(CNCC(C)C)cn1. The molecular formula is C14H22N2O2. The Morgan fingerprint density at radius 2 is 2.28 bits per heavy atom. The summed E-state index contributed by atoms with van der Waals surface area (Å²) in [5, 5.41) is 3.42. The smallest absolute Gasteiger partial charge is 0.145 e. The van der Waals surface area contributed by atoms with E-state index in [1.54, 1.807) is 0 Å². The van der Waals surface area contributed by atoms with Crippen LogP contribution < -0.4 is 10.1 Å². The molecule has 0 bridgehead atoms. The van der Waals surface area contributed by atoms with E-state index < -0.39 is 0 Å². The Morgan fingerprint density at radius 3 is 2.89 bits per heavy atom. The van der Waals surface area contributed by atoms with Crippen molar-refractivity contribution in [2.24, 2.45) is 5.92 Å². The van der Waals surface area contributed by atoms with E-state index in [1.807, 2.05) is 19.2 Å². The maximum atomic E-state index is 5.91. The minimum absolute atomic E-state index is 0.204. The first-order valence-electron chi connectivity index (χ1n) is 6.56. The molecule has 0 spiro atoms. The van der Waals surface area contributed by atoms with Gasteiger partial charge in [0.25, 0.3) is 0 Å². The summed E-state index contributed by atoms with van der Waals surface area (Å²) in [6, 6.07) is 2.00. The molecule has 0 amide bonds. The van der Waals surface area contributed by atoms with E-state index in [0.717, 1.165) is 30.1 Å². The fourth-order valence-corrected chi connectivity index (χ4v) is 1.76. The topological polar surface area (TPSA) is 43.4 Å². The monoisotopic (exact) mass is 250 g/mol. The van der Waals surface area contributed by atoms with Gasteiger partial charge in [-0.1, -0.05) is 13.8 Å². The molecule has 4 nitrogen and oxygen atoms in total. The number of hydrogen-bond acceptors (Lipinski definition) is 4. The van der Waals surface area contributed by atoms with Crippen LogP contribution in [0, 0.1) is 12.8 Å². The predicted molar refractivity (Wildman–Crippen MR) is 70.8 cm³/mol. The van der Waals surface area contributed by atoms with Crippen molar-refractivity contribution in [1.29, 1.82) is 0 Å². The number of aromatic nitrogens is 1. The zero-order chi connectivity index (χ0) is 13.0. The van der Waals surface area contributed by atoms with E-state index in [-0.39, 0.29) is 6.10 Å². The van der Waals surface area contributed by atoms with Crippen LogP contribution in [-0.2, 0) is 11.3 Å². The maximum Gasteiger partial charge on any atom is 0.145 e. The highest BCUT2D eigenvalue weighted by molar-refractivity contribution is 5.33. The molecule has 1 fully saturated rings. The van der Waals surface area contributed by atoms with Crippen LogP contribution in [0.25, 0.3) is 0 Å². The van der Waals surface area contributed by atoms with E-state index in [4.69, 9.17) is 9.47 Å². The first-order valence-corrected chi connectivity index (χ1v) is 6.56. The summed E-state index contributed by atoms with van der Waals surface area (Å²) >= 11 is 0. The Balaban J connectivity index is 1.97. The maximum absolute atomic E-state index is 5.91. The quantitative estimate of drug-likeness (QED) is 0.837. The first-order chi connectivity index (χ1) is 8.65. The van der Waals surface area contributed by atoms with Crippen molar-refractivity contribution < 1.29 is 9.47 Å². The minimum atomic E-state index is 0.204. The Hall–Kier alpha value is -1.13. The molecule has 0 aliphatic carbocycles. The van der Waals surface area contributed by atoms with Crippen molar-refractivity contribution >= 4 is 0 Å². The van der Waals surface area contributed by atoms with Gasteiger partial charge in [0.1, 0.15) is 11.9 Å². The lowest BCUT2D eigenvalue weighted by Crippen LogP contribution is -2.39. The molecule has 1 N–H and O–H groups in total. The van der Waals surface area contributed by atoms with E-state index >= 15 is 0 Å². The summed E-state index contributed by atoms with van der Waals surface area (Å²) in [5.74, 6) is 1.58. The van der Waals surface area contributed by atoms with E-state index in [2.05, 4.69) is 24.1 Å². The van der Waals surface area contributed by atoms with Crippen LogP contribution in [0.3, 0.4) is 0 Å². The average molecular weight is 250 g/mol. The Kier molecular flexibility index (Phi) is 4.55. The Labute approximate surface area is 109 Å². The lowest BCUT2D eigenvalue weighted by Gasteiger charge is -2.27. The Morgan fingerprint density at radius 1 is 1.50 bits per heavy atom. The van der Waals surface area contributed by atoms with Gasteiger partial charge in [0, 0.05) is 30.1 Å². The fraction of sp³-hybridized carbons (Fsp3) is 0.643. The van der Waals surface area contributed by atoms with Gasteiger partial charge in [0.2, 0.25) is 0 Å². The molecule has 2 heterocycles. The van der Waals surface area contributed by atoms with E-state index in [9.17, 15) is 0 Å². The van der Waals surface area contributed by atoms with Gasteiger partial charge in [-0.3, -0.25) is 4.98 Å². The third kappa shape index (κ3) is 3.68. The van der Waals surface area contributed by atoms with Crippen molar-refractivity contribution in [1.82, 2.24) is 10.3 Å². The second-order valence-corrected chi connectivity index (χ2v) is 5.24. The zero-order valence-corrected chi connectivity index (χ0v) is 11.4. The highest BCUT2D eigenvalue weighted by atomic mass is 16.6. The van der Waals surface area contributed by atoms with Crippen molar-refractivity contribution in [3.63, 3.8) is 0 Å². The van der Waals surface area contributed by atoms with Gasteiger partial charge in [0.05, 0.1) is 13.2 Å². The second-order valence-electron chi connectivity index (χ2n) is 5.24. The molecule has 0 radical (unpaired) electrons. The summed E-state index contributed by atoms with van der Waals surface area (Å²) < 4.78 is 11.0. The first kappa shape index (κ1) is 13.3. The van der Waals surface area contributed by atoms with Gasteiger partial charge in [-0.2, -0.15) is 0 Å². The van der Waals surface area contributed by atoms with Gasteiger partial charge in [-0.25, -0.2) is 0 Å². The molecule has 0 atom stereocenters. The van der Waals surface area contributed by atoms with Gasteiger partial charge < -0.3 is 14.8 Å². The van der Waals surface area contributed by atoms with E-state index in [1.165, 1.54) is 0 Å². The lowest BCUT2D eigenvalue weighted by molar-refractivity contribution is -0.0800. The van der Waals surface area contributed by atoms with Crippen LogP contribution in [0.4, 0.5) is 0 Å². The molecule has 0 aromatic carbocycles. The number of pyridine rings is 1. The van der Waals surface area contributed by atoms with Gasteiger partial charge >= 0.3 is 0 Å². The van der Waals surface area contributed by atoms with Crippen molar-refractivity contribution in [2.45, 2.75) is 33.4 Å². The third-order valence-electron chi connectivity index (χ3n) is 2.85. The van der Waals surface area contributed by atoms with Crippen molar-refractivity contribution in [3.05, 3.63) is 23.5 Å². The second kappa shape index (κ2) is 6.16. The molecule has 4 heteroatoms. The van der Waals surface area contributed by atoms with Crippen LogP contribution in [0.1, 0.15) is 25.1 Å². The number of rotatable bonds is 6. The molecule has 1 aliphatic rings. The van der Waals surface area contributed by atoms with Crippen molar-refractivity contribution in [3.8, 4) is 5.75 Å². The number of nitrogens with zero attached hydrogens (tertiary/aromatic N) is 1. The number of ether oxygens (including phenoxy) is 2. The van der Waals surface area contributed by atoms with Crippen LogP contribution in [0.2, 0.25) is 0 Å². The number of aryl methyl sites for hydroxylation is 1. The van der Waals surface area contributed by atoms with Crippen LogP contribution in [-0.4, -0.2) is 30.8 Å². The molecule has 2 rings (SSSR count). The van der Waals surface area contributed by atoms with Gasteiger partial charge in [0.15, 0.2) is 0 Å². The van der Waals surface area contributed by atoms with Crippen LogP contribution >= 0.6 is 0 Å². The molecule has 1 aromatic heterocycles. The number of hydrogen-bond donors (Lipinski definition) is 1. The fourth-order valence-electron chi connectivity index (χ4n) is 1.76.